The number of alkyl halides is 12. The van der Waals surface area contributed by atoms with Gasteiger partial charge in [-0.05, 0) is 97.5 Å². The van der Waals surface area contributed by atoms with Gasteiger partial charge in [-0.2, -0.15) is 52.7 Å². The van der Waals surface area contributed by atoms with Gasteiger partial charge in [0.05, 0.1) is 59.6 Å². The highest BCUT2D eigenvalue weighted by molar-refractivity contribution is 5.76. The number of benzene rings is 4. The second-order valence-electron chi connectivity index (χ2n) is 19.4. The number of amides is 6. The summed E-state index contributed by atoms with van der Waals surface area (Å²) in [7, 11) is 2.64. The van der Waals surface area contributed by atoms with Crippen LogP contribution in [0.1, 0.15) is 119 Å². The molecule has 14 nitrogen and oxygen atoms in total. The molecule has 2 heterocycles. The molecule has 6 amide bonds. The SMILES string of the molecule is Cc1ccccc1[C@H]1C[C@@H](OC(=O)NCCO)CCN1C(=O)N(C)[C@@H](C)c1cc(C(F)(F)F)cc(C(F)(F)F)c1.Cc1ccccc1[C@H]1C[C@H](OC(=O)NCCO)CCN1C(=O)N(C)[C@@H](C)c1cc(C(F)(F)F)cc(C(F)(F)F)c1. The van der Waals surface area contributed by atoms with Crippen molar-refractivity contribution in [2.24, 2.45) is 0 Å². The van der Waals surface area contributed by atoms with Gasteiger partial charge in [0.2, 0.25) is 0 Å². The molecule has 440 valence electrons. The van der Waals surface area contributed by atoms with Crippen LogP contribution in [0.25, 0.3) is 0 Å². The van der Waals surface area contributed by atoms with Crippen molar-refractivity contribution in [3.05, 3.63) is 141 Å². The molecular formula is C54H62F12N6O8. The molecule has 4 N–H and O–H groups in total. The fourth-order valence-electron chi connectivity index (χ4n) is 9.38. The van der Waals surface area contributed by atoms with E-state index in [-0.39, 0.29) is 88.3 Å². The van der Waals surface area contributed by atoms with E-state index < -0.39 is 108 Å². The highest BCUT2D eigenvalue weighted by atomic mass is 19.4. The summed E-state index contributed by atoms with van der Waals surface area (Å²) in [6.07, 6.45) is -21.7. The zero-order chi connectivity index (χ0) is 59.7. The van der Waals surface area contributed by atoms with E-state index in [1.165, 1.54) is 37.7 Å². The molecule has 0 radical (unpaired) electrons. The lowest BCUT2D eigenvalue weighted by Gasteiger charge is -2.42. The number of aliphatic hydroxyl groups is 2. The number of alkyl carbamates (subject to hydrolysis) is 2. The summed E-state index contributed by atoms with van der Waals surface area (Å²) in [4.78, 5) is 56.7. The van der Waals surface area contributed by atoms with Crippen molar-refractivity contribution >= 4 is 24.2 Å². The van der Waals surface area contributed by atoms with Gasteiger partial charge in [-0.1, -0.05) is 48.5 Å². The molecule has 0 unspecified atom stereocenters. The van der Waals surface area contributed by atoms with Crippen LogP contribution in [0.5, 0.6) is 0 Å². The molecule has 2 saturated heterocycles. The predicted molar refractivity (Wildman–Crippen MR) is 266 cm³/mol. The molecule has 0 aromatic heterocycles. The zero-order valence-electron chi connectivity index (χ0n) is 44.3. The summed E-state index contributed by atoms with van der Waals surface area (Å²) >= 11 is 0. The normalized spacial score (nSPS) is 18.7. The van der Waals surface area contributed by atoms with Crippen molar-refractivity contribution < 1.29 is 91.5 Å². The Morgan fingerprint density at radius 2 is 0.850 bits per heavy atom. The van der Waals surface area contributed by atoms with E-state index in [1.807, 2.05) is 38.1 Å². The second kappa shape index (κ2) is 26.5. The Bertz CT molecular complexity index is 2530. The van der Waals surface area contributed by atoms with Crippen molar-refractivity contribution in [1.82, 2.24) is 30.2 Å². The Hall–Kier alpha value is -6.96. The average molecular weight is 1150 g/mol. The fraction of sp³-hybridized carbons (Fsp3) is 0.481. The largest absolute Gasteiger partial charge is 0.446 e. The molecular weight excluding hydrogens is 1090 g/mol. The van der Waals surface area contributed by atoms with Crippen molar-refractivity contribution in [1.29, 1.82) is 0 Å². The van der Waals surface area contributed by atoms with Gasteiger partial charge in [-0.3, -0.25) is 0 Å². The fourth-order valence-corrected chi connectivity index (χ4v) is 9.38. The van der Waals surface area contributed by atoms with Crippen LogP contribution in [0.3, 0.4) is 0 Å². The molecule has 6 atom stereocenters. The number of urea groups is 2. The molecule has 2 aliphatic rings. The number of ether oxygens (including phenoxy) is 2. The maximum Gasteiger partial charge on any atom is 0.416 e. The van der Waals surface area contributed by atoms with Gasteiger partial charge in [-0.25, -0.2) is 19.2 Å². The number of hydrogen-bond acceptors (Lipinski definition) is 8. The molecule has 0 aliphatic carbocycles. The first kappa shape index (κ1) is 63.9. The van der Waals surface area contributed by atoms with E-state index in [9.17, 15) is 71.9 Å². The van der Waals surface area contributed by atoms with E-state index in [4.69, 9.17) is 19.7 Å². The number of aryl methyl sites for hydroxylation is 2. The number of nitrogens with one attached hydrogen (secondary N) is 2. The van der Waals surface area contributed by atoms with Crippen LogP contribution in [-0.2, 0) is 34.2 Å². The summed E-state index contributed by atoms with van der Waals surface area (Å²) in [5, 5.41) is 22.6. The minimum atomic E-state index is -5.01. The molecule has 0 bridgehead atoms. The van der Waals surface area contributed by atoms with Crippen molar-refractivity contribution in [2.75, 3.05) is 53.5 Å². The predicted octanol–water partition coefficient (Wildman–Crippen LogP) is 12.1. The first-order valence-corrected chi connectivity index (χ1v) is 25.1. The Morgan fingerprint density at radius 1 is 0.550 bits per heavy atom. The van der Waals surface area contributed by atoms with E-state index in [1.54, 1.807) is 24.3 Å². The van der Waals surface area contributed by atoms with E-state index >= 15 is 0 Å². The summed E-state index contributed by atoms with van der Waals surface area (Å²) < 4.78 is 172. The first-order valence-electron chi connectivity index (χ1n) is 25.1. The third-order valence-corrected chi connectivity index (χ3v) is 14.0. The number of carbonyl (C=O) groups excluding carboxylic acids is 4. The number of likely N-dealkylation sites (tertiary alicyclic amines) is 2. The monoisotopic (exact) mass is 1150 g/mol. The summed E-state index contributed by atoms with van der Waals surface area (Å²) in [5.74, 6) is 0. The number of hydrogen-bond donors (Lipinski definition) is 4. The van der Waals surface area contributed by atoms with Gasteiger partial charge in [0, 0.05) is 66.0 Å². The Kier molecular flexibility index (Phi) is 21.2. The minimum absolute atomic E-state index is 0.00562. The lowest BCUT2D eigenvalue weighted by molar-refractivity contribution is -0.144. The number of carbonyl (C=O) groups is 4. The van der Waals surface area contributed by atoms with Gasteiger partial charge in [0.1, 0.15) is 12.2 Å². The smallest absolute Gasteiger partial charge is 0.416 e. The number of nitrogens with zero attached hydrogens (tertiary/aromatic N) is 4. The third-order valence-electron chi connectivity index (χ3n) is 14.0. The Morgan fingerprint density at radius 3 is 1.12 bits per heavy atom. The van der Waals surface area contributed by atoms with Crippen LogP contribution in [0.15, 0.2) is 84.9 Å². The lowest BCUT2D eigenvalue weighted by Crippen LogP contribution is -2.49. The van der Waals surface area contributed by atoms with Crippen LogP contribution in [0.2, 0.25) is 0 Å². The van der Waals surface area contributed by atoms with Gasteiger partial charge in [0.15, 0.2) is 0 Å². The van der Waals surface area contributed by atoms with Crippen LogP contribution in [0, 0.1) is 13.8 Å². The van der Waals surface area contributed by atoms with Crippen molar-refractivity contribution in [3.8, 4) is 0 Å². The quantitative estimate of drug-likeness (QED) is 0.102. The molecule has 0 saturated carbocycles. The van der Waals surface area contributed by atoms with Gasteiger partial charge in [0.25, 0.3) is 0 Å². The topological polar surface area (TPSA) is 164 Å². The van der Waals surface area contributed by atoms with E-state index in [0.29, 0.717) is 24.3 Å². The highest BCUT2D eigenvalue weighted by Crippen LogP contribution is 2.42. The van der Waals surface area contributed by atoms with Crippen molar-refractivity contribution in [3.63, 3.8) is 0 Å². The number of piperidine rings is 2. The molecule has 2 fully saturated rings. The standard InChI is InChI=1S/2C27H31F6N3O4/c2*1-16-6-4-5-7-22(16)23-15-21(40-24(38)34-9-11-37)8-10-36(23)25(39)35(3)17(2)18-12-19(26(28,29)30)14-20(13-18)27(31,32)33/h2*4-7,12-14,17,21,23,37H,8-11,15H2,1-3H3,(H,34,38)/t17-,21+,23+;17-,21-,23+/m00/s1. The van der Waals surface area contributed by atoms with Gasteiger partial charge >= 0.3 is 49.0 Å². The summed E-state index contributed by atoms with van der Waals surface area (Å²) in [5.41, 5.74) is -3.24. The molecule has 4 aromatic carbocycles. The minimum Gasteiger partial charge on any atom is -0.446 e. The highest BCUT2D eigenvalue weighted by Gasteiger charge is 2.43. The average Bonchev–Trinajstić information content (AvgIpc) is 3.42. The Labute approximate surface area is 453 Å². The van der Waals surface area contributed by atoms with Crippen LogP contribution in [0.4, 0.5) is 71.9 Å². The lowest BCUT2D eigenvalue weighted by atomic mass is 9.90. The molecule has 6 rings (SSSR count). The van der Waals surface area contributed by atoms with Crippen molar-refractivity contribution in [2.45, 2.75) is 114 Å². The van der Waals surface area contributed by atoms with Crippen LogP contribution in [-0.4, -0.2) is 120 Å². The number of halogens is 12. The van der Waals surface area contributed by atoms with Crippen LogP contribution < -0.4 is 10.6 Å². The molecule has 2 aliphatic heterocycles. The van der Waals surface area contributed by atoms with E-state index in [0.717, 1.165) is 32.1 Å². The molecule has 4 aromatic rings. The van der Waals surface area contributed by atoms with E-state index in [2.05, 4.69) is 10.6 Å². The van der Waals surface area contributed by atoms with Gasteiger partial charge < -0.3 is 49.9 Å². The summed E-state index contributed by atoms with van der Waals surface area (Å²) in [6.45, 7) is 6.09. The number of rotatable bonds is 12. The number of aliphatic hydroxyl groups excluding tert-OH is 2. The van der Waals surface area contributed by atoms with Gasteiger partial charge in [-0.15, -0.1) is 0 Å². The third kappa shape index (κ3) is 16.6. The maximum atomic E-state index is 13.7. The molecule has 0 spiro atoms. The first-order chi connectivity index (χ1) is 37.3. The second-order valence-corrected chi connectivity index (χ2v) is 19.4. The molecule has 80 heavy (non-hydrogen) atoms. The molecule has 26 heteroatoms. The summed E-state index contributed by atoms with van der Waals surface area (Å²) in [6, 6.07) is 12.4. The maximum absolute atomic E-state index is 13.7. The zero-order valence-corrected chi connectivity index (χ0v) is 44.3. The Balaban J connectivity index is 0.000000294. The van der Waals surface area contributed by atoms with Crippen LogP contribution >= 0.6 is 0 Å².